The summed E-state index contributed by atoms with van der Waals surface area (Å²) in [6.07, 6.45) is 3.29. The summed E-state index contributed by atoms with van der Waals surface area (Å²) in [5.41, 5.74) is 2.05. The van der Waals surface area contributed by atoms with Crippen LogP contribution in [-0.2, 0) is 16.1 Å². The Hall–Kier alpha value is -2.60. The second-order valence-electron chi connectivity index (χ2n) is 6.79. The van der Waals surface area contributed by atoms with E-state index in [4.69, 9.17) is 4.74 Å². The van der Waals surface area contributed by atoms with E-state index < -0.39 is 0 Å². The number of rotatable bonds is 5. The van der Waals surface area contributed by atoms with Crippen molar-refractivity contribution in [3.05, 3.63) is 57.9 Å². The Morgan fingerprint density at radius 1 is 1.00 bits per heavy atom. The van der Waals surface area contributed by atoms with E-state index in [9.17, 15) is 9.59 Å². The molecule has 1 aromatic heterocycles. The molecule has 0 N–H and O–H groups in total. The second kappa shape index (κ2) is 7.56. The number of thiophene rings is 1. The van der Waals surface area contributed by atoms with Crippen molar-refractivity contribution < 1.29 is 14.3 Å². The summed E-state index contributed by atoms with van der Waals surface area (Å²) in [5, 5.41) is 1.94. The van der Waals surface area contributed by atoms with E-state index in [-0.39, 0.29) is 18.4 Å². The fourth-order valence-electron chi connectivity index (χ4n) is 3.67. The largest absolute Gasteiger partial charge is 0.497 e. The van der Waals surface area contributed by atoms with Crippen molar-refractivity contribution in [3.63, 3.8) is 0 Å². The number of hydrogen-bond acceptors (Lipinski definition) is 5. The Morgan fingerprint density at radius 3 is 2.37 bits per heavy atom. The third kappa shape index (κ3) is 3.37. The van der Waals surface area contributed by atoms with E-state index in [1.807, 2.05) is 41.8 Å². The van der Waals surface area contributed by atoms with Crippen molar-refractivity contribution in [2.45, 2.75) is 25.8 Å². The number of piperidine rings is 1. The Kier molecular flexibility index (Phi) is 4.99. The van der Waals surface area contributed by atoms with Crippen molar-refractivity contribution in [1.29, 1.82) is 0 Å². The first-order valence-corrected chi connectivity index (χ1v) is 10.1. The molecule has 0 atom stereocenters. The molecule has 0 unspecified atom stereocenters. The molecule has 2 aromatic rings. The molecule has 0 saturated carbocycles. The molecular weight excluding hydrogens is 360 g/mol. The first-order valence-electron chi connectivity index (χ1n) is 9.21. The number of benzene rings is 1. The van der Waals surface area contributed by atoms with Crippen LogP contribution in [0.15, 0.2) is 47.5 Å². The average molecular weight is 382 g/mol. The van der Waals surface area contributed by atoms with Gasteiger partial charge < -0.3 is 9.64 Å². The molecule has 0 spiro atoms. The van der Waals surface area contributed by atoms with E-state index in [2.05, 4.69) is 4.90 Å². The number of carbonyl (C=O) groups excluding carboxylic acids is 2. The van der Waals surface area contributed by atoms with Crippen LogP contribution in [0, 0.1) is 0 Å². The molecule has 1 fully saturated rings. The normalized spacial score (nSPS) is 17.8. The van der Waals surface area contributed by atoms with Crippen LogP contribution in [0.1, 0.15) is 29.7 Å². The summed E-state index contributed by atoms with van der Waals surface area (Å²) < 4.78 is 5.18. The van der Waals surface area contributed by atoms with Gasteiger partial charge in [-0.05, 0) is 48.4 Å². The zero-order valence-corrected chi connectivity index (χ0v) is 16.1. The molecular formula is C21H22N2O3S. The minimum atomic E-state index is -0.196. The van der Waals surface area contributed by atoms with Crippen LogP contribution >= 0.6 is 11.3 Å². The van der Waals surface area contributed by atoms with Crippen molar-refractivity contribution in [2.24, 2.45) is 0 Å². The van der Waals surface area contributed by atoms with E-state index in [0.29, 0.717) is 11.3 Å². The number of hydrogen-bond donors (Lipinski definition) is 0. The second-order valence-corrected chi connectivity index (χ2v) is 7.74. The summed E-state index contributed by atoms with van der Waals surface area (Å²) in [6.45, 7) is 1.94. The van der Waals surface area contributed by atoms with Gasteiger partial charge in [-0.15, -0.1) is 11.3 Å². The average Bonchev–Trinajstić information content (AvgIpc) is 3.31. The van der Waals surface area contributed by atoms with Crippen LogP contribution < -0.4 is 4.74 Å². The summed E-state index contributed by atoms with van der Waals surface area (Å²) in [7, 11) is 1.62. The third-order valence-electron chi connectivity index (χ3n) is 5.08. The van der Waals surface area contributed by atoms with Crippen LogP contribution in [0.2, 0.25) is 0 Å². The maximum absolute atomic E-state index is 13.2. The lowest BCUT2D eigenvalue weighted by Crippen LogP contribution is -2.36. The SMILES string of the molecule is COc1ccc(CN2C(=O)C(c3cccs3)=C(N3CCCCC3)C2=O)cc1. The lowest BCUT2D eigenvalue weighted by molar-refractivity contribution is -0.138. The monoisotopic (exact) mass is 382 g/mol. The minimum Gasteiger partial charge on any atom is -0.497 e. The van der Waals surface area contributed by atoms with Gasteiger partial charge in [0, 0.05) is 18.0 Å². The maximum atomic E-state index is 13.2. The number of methoxy groups -OCH3 is 1. The first-order chi connectivity index (χ1) is 13.2. The summed E-state index contributed by atoms with van der Waals surface area (Å²) >= 11 is 1.51. The molecule has 1 saturated heterocycles. The molecule has 0 radical (unpaired) electrons. The molecule has 2 aliphatic heterocycles. The molecule has 3 heterocycles. The quantitative estimate of drug-likeness (QED) is 0.743. The van der Waals surface area contributed by atoms with Gasteiger partial charge in [-0.25, -0.2) is 0 Å². The molecule has 27 heavy (non-hydrogen) atoms. The number of carbonyl (C=O) groups is 2. The Labute approximate surface area is 162 Å². The molecule has 140 valence electrons. The zero-order chi connectivity index (χ0) is 18.8. The van der Waals surface area contributed by atoms with Crippen molar-refractivity contribution in [2.75, 3.05) is 20.2 Å². The van der Waals surface area contributed by atoms with E-state index in [1.165, 1.54) is 22.7 Å². The van der Waals surface area contributed by atoms with Gasteiger partial charge in [0.1, 0.15) is 11.4 Å². The van der Waals surface area contributed by atoms with Gasteiger partial charge in [-0.1, -0.05) is 18.2 Å². The Bertz CT molecular complexity index is 865. The zero-order valence-electron chi connectivity index (χ0n) is 15.3. The predicted octanol–water partition coefficient (Wildman–Crippen LogP) is 3.52. The standard InChI is InChI=1S/C21H22N2O3S/c1-26-16-9-7-15(8-10-16)14-23-20(24)18(17-6-5-13-27-17)19(21(23)25)22-11-3-2-4-12-22/h5-10,13H,2-4,11-12,14H2,1H3. The lowest BCUT2D eigenvalue weighted by Gasteiger charge is -2.29. The van der Waals surface area contributed by atoms with Crippen LogP contribution in [0.5, 0.6) is 5.75 Å². The molecule has 4 rings (SSSR count). The van der Waals surface area contributed by atoms with Gasteiger partial charge in [0.05, 0.1) is 19.2 Å². The van der Waals surface area contributed by atoms with E-state index in [0.717, 1.165) is 42.1 Å². The van der Waals surface area contributed by atoms with Gasteiger partial charge >= 0.3 is 0 Å². The number of amides is 2. The van der Waals surface area contributed by atoms with Gasteiger partial charge in [0.15, 0.2) is 0 Å². The number of ether oxygens (including phenoxy) is 1. The highest BCUT2D eigenvalue weighted by molar-refractivity contribution is 7.11. The van der Waals surface area contributed by atoms with Crippen molar-refractivity contribution in [3.8, 4) is 5.75 Å². The molecule has 1 aromatic carbocycles. The summed E-state index contributed by atoms with van der Waals surface area (Å²) in [5.74, 6) is 0.379. The highest BCUT2D eigenvalue weighted by Crippen LogP contribution is 2.35. The van der Waals surface area contributed by atoms with Crippen LogP contribution in [0.25, 0.3) is 5.57 Å². The molecule has 2 amide bonds. The summed E-state index contributed by atoms with van der Waals surface area (Å²) in [6, 6.07) is 11.3. The lowest BCUT2D eigenvalue weighted by atomic mass is 10.1. The van der Waals surface area contributed by atoms with Crippen LogP contribution in [-0.4, -0.2) is 41.8 Å². The van der Waals surface area contributed by atoms with Crippen LogP contribution in [0.3, 0.4) is 0 Å². The highest BCUT2D eigenvalue weighted by atomic mass is 32.1. The van der Waals surface area contributed by atoms with E-state index >= 15 is 0 Å². The molecule has 5 nitrogen and oxygen atoms in total. The van der Waals surface area contributed by atoms with Gasteiger partial charge in [0.25, 0.3) is 11.8 Å². The van der Waals surface area contributed by atoms with Crippen LogP contribution in [0.4, 0.5) is 0 Å². The minimum absolute atomic E-state index is 0.180. The first kappa shape index (κ1) is 17.8. The van der Waals surface area contributed by atoms with Crippen molar-refractivity contribution >= 4 is 28.7 Å². The molecule has 0 aliphatic carbocycles. The number of likely N-dealkylation sites (tertiary alicyclic amines) is 1. The van der Waals surface area contributed by atoms with Gasteiger partial charge in [0.2, 0.25) is 0 Å². The topological polar surface area (TPSA) is 49.9 Å². The Balaban J connectivity index is 1.66. The molecule has 6 heteroatoms. The highest BCUT2D eigenvalue weighted by Gasteiger charge is 2.42. The predicted molar refractivity (Wildman–Crippen MR) is 105 cm³/mol. The Morgan fingerprint density at radius 2 is 1.74 bits per heavy atom. The smallest absolute Gasteiger partial charge is 0.278 e. The fraction of sp³-hybridized carbons (Fsp3) is 0.333. The van der Waals surface area contributed by atoms with Gasteiger partial charge in [-0.3, -0.25) is 14.5 Å². The van der Waals surface area contributed by atoms with Gasteiger partial charge in [-0.2, -0.15) is 0 Å². The third-order valence-corrected chi connectivity index (χ3v) is 5.97. The maximum Gasteiger partial charge on any atom is 0.278 e. The molecule has 2 aliphatic rings. The van der Waals surface area contributed by atoms with E-state index in [1.54, 1.807) is 7.11 Å². The number of imide groups is 1. The van der Waals surface area contributed by atoms with Crippen molar-refractivity contribution in [1.82, 2.24) is 9.80 Å². The summed E-state index contributed by atoms with van der Waals surface area (Å²) in [4.78, 5) is 30.8. The number of nitrogens with zero attached hydrogens (tertiary/aromatic N) is 2. The fourth-order valence-corrected chi connectivity index (χ4v) is 4.44. The molecule has 0 bridgehead atoms.